The van der Waals surface area contributed by atoms with E-state index < -0.39 is 0 Å². The zero-order valence-corrected chi connectivity index (χ0v) is 25.5. The number of benzene rings is 6. The number of rotatable bonds is 2. The topological polar surface area (TPSA) is 102 Å². The molecule has 0 fully saturated rings. The van der Waals surface area contributed by atoms with Crippen LogP contribution in [0.5, 0.6) is 0 Å². The first-order valence-corrected chi connectivity index (χ1v) is 15.9. The van der Waals surface area contributed by atoms with Gasteiger partial charge in [0, 0.05) is 30.4 Å². The molecule has 212 valence electrons. The van der Waals surface area contributed by atoms with Gasteiger partial charge in [-0.05, 0) is 60.7 Å². The number of nitrogens with zero attached hydrogens (tertiary/aromatic N) is 6. The van der Waals surface area contributed by atoms with E-state index in [1.54, 1.807) is 35.7 Å². The van der Waals surface area contributed by atoms with Crippen LogP contribution in [0, 0.1) is 45.3 Å². The standard InChI is InChI=1S/C38H18N6S2/c39-19-23-18-26-25(37(27(23)21-41)43-29-9-1-5-13-33(29)45-34-14-6-2-10-30(34)43)17-24(20-40)28(22-42)38(26)44-31-11-3-7-15-35(31)46-36-16-8-4-12-32(36)44/h1-18H. The van der Waals surface area contributed by atoms with Gasteiger partial charge in [-0.25, -0.2) is 0 Å². The average Bonchev–Trinajstić information content (AvgIpc) is 3.11. The van der Waals surface area contributed by atoms with Gasteiger partial charge in [0.25, 0.3) is 0 Å². The zero-order chi connectivity index (χ0) is 31.4. The predicted molar refractivity (Wildman–Crippen MR) is 180 cm³/mol. The lowest BCUT2D eigenvalue weighted by atomic mass is 9.91. The van der Waals surface area contributed by atoms with Crippen LogP contribution in [0.25, 0.3) is 10.8 Å². The van der Waals surface area contributed by atoms with E-state index in [0.29, 0.717) is 22.1 Å². The highest BCUT2D eigenvalue weighted by Crippen LogP contribution is 2.57. The molecule has 8 rings (SSSR count). The van der Waals surface area contributed by atoms with Crippen molar-refractivity contribution >= 4 is 68.4 Å². The van der Waals surface area contributed by atoms with Crippen LogP contribution in [0.2, 0.25) is 0 Å². The van der Waals surface area contributed by atoms with E-state index in [9.17, 15) is 21.0 Å². The summed E-state index contributed by atoms with van der Waals surface area (Å²) in [5, 5.41) is 43.5. The summed E-state index contributed by atoms with van der Waals surface area (Å²) < 4.78 is 0. The number of hydrogen-bond donors (Lipinski definition) is 0. The molecule has 0 amide bonds. The van der Waals surface area contributed by atoms with Crippen LogP contribution >= 0.6 is 23.5 Å². The first-order chi connectivity index (χ1) is 22.7. The summed E-state index contributed by atoms with van der Waals surface area (Å²) in [7, 11) is 0. The monoisotopic (exact) mass is 622 g/mol. The fourth-order valence-corrected chi connectivity index (χ4v) is 8.38. The second-order valence-electron chi connectivity index (χ2n) is 10.6. The van der Waals surface area contributed by atoms with Crippen molar-refractivity contribution in [2.45, 2.75) is 19.6 Å². The van der Waals surface area contributed by atoms with Gasteiger partial charge in [0.2, 0.25) is 0 Å². The average molecular weight is 623 g/mol. The molecule has 0 bridgehead atoms. The molecule has 0 atom stereocenters. The normalized spacial score (nSPS) is 12.4. The molecule has 2 heterocycles. The van der Waals surface area contributed by atoms with E-state index in [-0.39, 0.29) is 22.3 Å². The van der Waals surface area contributed by atoms with Crippen molar-refractivity contribution in [2.75, 3.05) is 9.80 Å². The summed E-state index contributed by atoms with van der Waals surface area (Å²) >= 11 is 3.28. The highest BCUT2D eigenvalue weighted by Gasteiger charge is 2.33. The molecule has 2 aliphatic rings. The summed E-state index contributed by atoms with van der Waals surface area (Å²) in [6, 6.07) is 44.4. The van der Waals surface area contributed by atoms with Crippen LogP contribution in [0.1, 0.15) is 22.3 Å². The van der Waals surface area contributed by atoms with E-state index in [2.05, 4.69) is 24.3 Å². The van der Waals surface area contributed by atoms with E-state index in [4.69, 9.17) is 0 Å². The molecule has 0 spiro atoms. The van der Waals surface area contributed by atoms with Gasteiger partial charge in [-0.15, -0.1) is 0 Å². The van der Waals surface area contributed by atoms with Crippen molar-refractivity contribution in [3.63, 3.8) is 0 Å². The molecule has 46 heavy (non-hydrogen) atoms. The number of para-hydroxylation sites is 4. The third-order valence-corrected chi connectivity index (χ3v) is 10.4. The van der Waals surface area contributed by atoms with Crippen molar-refractivity contribution in [2.24, 2.45) is 0 Å². The lowest BCUT2D eigenvalue weighted by Gasteiger charge is -2.36. The maximum Gasteiger partial charge on any atom is 0.103 e. The SMILES string of the molecule is N#Cc1cc2c(N3c4ccccc4Sc4ccccc43)c(C#N)c(C#N)cc2c(N2c3ccccc3Sc3ccccc32)c1C#N. The lowest BCUT2D eigenvalue weighted by Crippen LogP contribution is -2.19. The minimum absolute atomic E-state index is 0.181. The van der Waals surface area contributed by atoms with E-state index >= 15 is 0 Å². The van der Waals surface area contributed by atoms with Crippen LogP contribution in [-0.4, -0.2) is 0 Å². The summed E-state index contributed by atoms with van der Waals surface area (Å²) in [6.07, 6.45) is 0. The molecular formula is C38H18N6S2. The Kier molecular flexibility index (Phi) is 6.42. The number of nitriles is 4. The Balaban J connectivity index is 1.57. The molecule has 0 radical (unpaired) electrons. The van der Waals surface area contributed by atoms with Crippen molar-refractivity contribution < 1.29 is 0 Å². The first kappa shape index (κ1) is 27.4. The predicted octanol–water partition coefficient (Wildman–Crippen LogP) is 10.2. The third-order valence-electron chi connectivity index (χ3n) is 8.17. The van der Waals surface area contributed by atoms with E-state index in [1.807, 2.05) is 107 Å². The molecule has 0 aliphatic carbocycles. The minimum Gasteiger partial charge on any atom is -0.306 e. The van der Waals surface area contributed by atoms with Crippen LogP contribution < -0.4 is 9.80 Å². The first-order valence-electron chi connectivity index (χ1n) is 14.3. The Morgan fingerprint density at radius 1 is 0.413 bits per heavy atom. The van der Waals surface area contributed by atoms with Gasteiger partial charge in [-0.2, -0.15) is 21.0 Å². The quantitative estimate of drug-likeness (QED) is 0.188. The van der Waals surface area contributed by atoms with Gasteiger partial charge in [0.15, 0.2) is 0 Å². The fourth-order valence-electron chi connectivity index (χ4n) is 6.26. The smallest absolute Gasteiger partial charge is 0.103 e. The molecule has 6 nitrogen and oxygen atoms in total. The molecule has 8 heteroatoms. The summed E-state index contributed by atoms with van der Waals surface area (Å²) in [4.78, 5) is 8.01. The largest absolute Gasteiger partial charge is 0.306 e. The van der Waals surface area contributed by atoms with Gasteiger partial charge < -0.3 is 9.80 Å². The third kappa shape index (κ3) is 3.96. The van der Waals surface area contributed by atoms with Crippen molar-refractivity contribution in [1.29, 1.82) is 21.0 Å². The Morgan fingerprint density at radius 2 is 0.717 bits per heavy atom. The van der Waals surface area contributed by atoms with Crippen LogP contribution in [0.3, 0.4) is 0 Å². The van der Waals surface area contributed by atoms with Gasteiger partial charge in [0.05, 0.1) is 56.4 Å². The van der Waals surface area contributed by atoms with Crippen molar-refractivity contribution in [1.82, 2.24) is 0 Å². The van der Waals surface area contributed by atoms with Crippen molar-refractivity contribution in [3.8, 4) is 24.3 Å². The van der Waals surface area contributed by atoms with E-state index in [1.165, 1.54) is 0 Å². The molecule has 0 aromatic heterocycles. The highest BCUT2D eigenvalue weighted by molar-refractivity contribution is 8.00. The van der Waals surface area contributed by atoms with Gasteiger partial charge in [-0.3, -0.25) is 0 Å². The highest BCUT2D eigenvalue weighted by atomic mass is 32.2. The Labute approximate surface area is 273 Å². The maximum atomic E-state index is 10.7. The van der Waals surface area contributed by atoms with Crippen LogP contribution in [0.15, 0.2) is 129 Å². The summed E-state index contributed by atoms with van der Waals surface area (Å²) in [5.41, 5.74) is 5.16. The van der Waals surface area contributed by atoms with Crippen molar-refractivity contribution in [3.05, 3.63) is 131 Å². The molecule has 0 saturated heterocycles. The second kappa shape index (κ2) is 10.8. The van der Waals surface area contributed by atoms with Gasteiger partial charge in [0.1, 0.15) is 24.3 Å². The molecule has 0 unspecified atom stereocenters. The number of fused-ring (bicyclic) bond motifs is 5. The molecular weight excluding hydrogens is 605 g/mol. The summed E-state index contributed by atoms with van der Waals surface area (Å²) in [6.45, 7) is 0. The Hall–Kier alpha value is -6.16. The van der Waals surface area contributed by atoms with Crippen LogP contribution in [0.4, 0.5) is 34.1 Å². The van der Waals surface area contributed by atoms with Gasteiger partial charge >= 0.3 is 0 Å². The van der Waals surface area contributed by atoms with Gasteiger partial charge in [-0.1, -0.05) is 72.1 Å². The molecule has 2 aliphatic heterocycles. The summed E-state index contributed by atoms with van der Waals surface area (Å²) in [5.74, 6) is 0. The Bertz CT molecular complexity index is 2200. The Morgan fingerprint density at radius 3 is 1.00 bits per heavy atom. The zero-order valence-electron chi connectivity index (χ0n) is 23.9. The number of anilines is 6. The second-order valence-corrected chi connectivity index (χ2v) is 12.8. The molecule has 0 N–H and O–H groups in total. The number of hydrogen-bond acceptors (Lipinski definition) is 8. The molecule has 0 saturated carbocycles. The van der Waals surface area contributed by atoms with Crippen LogP contribution in [-0.2, 0) is 0 Å². The van der Waals surface area contributed by atoms with E-state index in [0.717, 1.165) is 42.3 Å². The fraction of sp³-hybridized carbons (Fsp3) is 0. The molecule has 6 aromatic carbocycles. The lowest BCUT2D eigenvalue weighted by molar-refractivity contribution is 1.16. The molecule has 6 aromatic rings. The maximum absolute atomic E-state index is 10.7. The minimum atomic E-state index is 0.181.